The summed E-state index contributed by atoms with van der Waals surface area (Å²) in [7, 11) is 2.24. The van der Waals surface area contributed by atoms with E-state index in [1.165, 1.54) is 28.4 Å². The molecule has 5 aliphatic carbocycles. The molecule has 0 saturated heterocycles. The van der Waals surface area contributed by atoms with Gasteiger partial charge < -0.3 is 75.3 Å². The Labute approximate surface area is 875 Å². The van der Waals surface area contributed by atoms with Crippen LogP contribution >= 0.6 is 27.5 Å². The standard InChI is InChI=1S/C25H25NO5.C24H23NO5.C22H34O3Si.C16H20O3.C11H22O2Si.C10H11BrO2.C10H8ClNO/c1-17-7-6-10-19(23(17)25(27)28-2)14-29-21-11-12-22(13-21)30-15-20-16-31-24(26-20)18-8-4-3-5-9-18;1-16-6-5-9-18(22(16)24(26)27)13-28-20-10-11-21(12-20)29-14-19-15-30-23(25-19)17-7-3-2-4-8-17;1-16-9-8-10-18(20(16)21(23)24-5)13-11-17-12-14-19(15-17)25-26(6,7)22(2,3)4;1-11-4-3-5-13(15(11)16(18)19-2)8-6-12-7-9-14(17)10-12;1-11(2,3)14(4,5)13-10-7-6-9(12)8-10;1-7-4-3-5-8(6-11)9(7)10(12)13-2;11-6-9-7-13-10(12-9)8-4-2-1-3-5-8/h3-12,16,21-22H,13-15H2,1-2H3;2-11,15,20-21H,12-14H2,1H3,(H,26,27);8-10,12,14,17,19H,11,13,15H2,1-7H3;3-5,7,9,12,14,17H,6,8,10H2,1-2H3;6-7,9-10,12H,8H2,1-5H3;3-5H,6H2,1-2H3;1-5,7H,6H2/t21-,22+;20-,21+;17-,19+;12-,14+;9-,10+;;/m11111../s1. The molecule has 11 aromatic rings. The van der Waals surface area contributed by atoms with Gasteiger partial charge in [-0.15, -0.1) is 11.6 Å². The van der Waals surface area contributed by atoms with Crippen molar-refractivity contribution >= 4 is 74.0 Å². The molecule has 28 heteroatoms. The lowest BCUT2D eigenvalue weighted by Crippen LogP contribution is -2.43. The van der Waals surface area contributed by atoms with E-state index in [2.05, 4.69) is 117 Å². The molecule has 5 aliphatic rings. The number of allylic oxidation sites excluding steroid dienone is 2. The summed E-state index contributed by atoms with van der Waals surface area (Å²) in [6.45, 7) is 33.4. The Balaban J connectivity index is 0.000000179. The van der Waals surface area contributed by atoms with Crippen molar-refractivity contribution in [2.75, 3.05) is 28.4 Å². The lowest BCUT2D eigenvalue weighted by Gasteiger charge is -2.38. The molecule has 0 bridgehead atoms. The van der Waals surface area contributed by atoms with Crippen molar-refractivity contribution in [2.24, 2.45) is 11.8 Å². The topological polar surface area (TPSA) is 316 Å². The summed E-state index contributed by atoms with van der Waals surface area (Å²) >= 11 is 8.94. The van der Waals surface area contributed by atoms with E-state index in [-0.39, 0.29) is 89.4 Å². The van der Waals surface area contributed by atoms with Crippen LogP contribution in [0.25, 0.3) is 34.4 Å². The maximum atomic E-state index is 12.1. The number of oxazole rings is 3. The van der Waals surface area contributed by atoms with E-state index in [1.807, 2.05) is 240 Å². The van der Waals surface area contributed by atoms with Gasteiger partial charge >= 0.3 is 29.8 Å². The second kappa shape index (κ2) is 56.5. The number of aliphatic hydroxyl groups is 2. The van der Waals surface area contributed by atoms with Crippen molar-refractivity contribution in [3.8, 4) is 34.4 Å². The summed E-state index contributed by atoms with van der Waals surface area (Å²) in [5, 5.41) is 29.4. The minimum absolute atomic E-state index is 0.0561. The van der Waals surface area contributed by atoms with Crippen molar-refractivity contribution in [2.45, 2.75) is 257 Å². The van der Waals surface area contributed by atoms with E-state index in [0.29, 0.717) is 101 Å². The van der Waals surface area contributed by atoms with Crippen LogP contribution in [0.1, 0.15) is 211 Å². The number of carbonyl (C=O) groups excluding carboxylic acids is 4. The number of ether oxygens (including phenoxy) is 8. The summed E-state index contributed by atoms with van der Waals surface area (Å²) in [4.78, 5) is 72.0. The molecule has 10 atom stereocenters. The van der Waals surface area contributed by atoms with Crippen LogP contribution in [-0.4, -0.2) is 154 Å². The summed E-state index contributed by atoms with van der Waals surface area (Å²) in [6.07, 6.45) is 32.1. The average Bonchev–Trinajstić information content (AvgIpc) is 1.70. The number of carbonyl (C=O) groups is 5. The van der Waals surface area contributed by atoms with Crippen LogP contribution in [0, 0.1) is 46.5 Å². The largest absolute Gasteiger partial charge is 0.478 e. The zero-order chi connectivity index (χ0) is 106. The van der Waals surface area contributed by atoms with Crippen molar-refractivity contribution in [3.05, 3.63) is 362 Å². The van der Waals surface area contributed by atoms with Crippen molar-refractivity contribution < 1.29 is 99.3 Å². The SMILES string of the molecule is CC(C)(C)[Si](C)(C)O[C@H]1C=C[C@@H](O)C1.COC(=O)c1c(C)cccc1CBr.COC(=O)c1c(C)cccc1CC[C@@H]1C=C[C@H](O)C1.COC(=O)c1c(C)cccc1CC[C@@H]1C=C[C@H](O[Si](C)(C)C(C)(C)C)C1.COC(=O)c1c(C)cccc1CO[C@@H]1C=C[C@H](OCc2coc(-c3ccccc3)n2)C1.Cc1cccc(CO[C@@H]2C=C[C@H](OCc3coc(-c4ccccc4)n3)C2)c1C(=O)O.ClCc1coc(-c2ccccc2)n1. The van der Waals surface area contributed by atoms with E-state index >= 15 is 0 Å². The van der Waals surface area contributed by atoms with E-state index < -0.39 is 22.6 Å². The lowest BCUT2D eigenvalue weighted by molar-refractivity contribution is 0.0184. The lowest BCUT2D eigenvalue weighted by atomic mass is 9.94. The van der Waals surface area contributed by atoms with Gasteiger partial charge in [-0.05, 0) is 213 Å². The monoisotopic (exact) mass is 2110 g/mol. The van der Waals surface area contributed by atoms with Crippen LogP contribution in [0.5, 0.6) is 0 Å². The molecule has 0 radical (unpaired) electrons. The number of hydrogen-bond acceptors (Lipinski definition) is 23. The van der Waals surface area contributed by atoms with Crippen LogP contribution in [0.3, 0.4) is 0 Å². The van der Waals surface area contributed by atoms with Gasteiger partial charge in [0.15, 0.2) is 16.6 Å². The van der Waals surface area contributed by atoms with Gasteiger partial charge in [-0.3, -0.25) is 0 Å². The molecular formula is C118H143BrClN3O21Si2. The summed E-state index contributed by atoms with van der Waals surface area (Å²) < 4.78 is 72.2. The summed E-state index contributed by atoms with van der Waals surface area (Å²) in [5.41, 5.74) is 17.1. The number of methoxy groups -OCH3 is 4. The first-order valence-corrected chi connectivity index (χ1v) is 56.9. The highest BCUT2D eigenvalue weighted by molar-refractivity contribution is 9.08. The Kier molecular flexibility index (Phi) is 45.0. The van der Waals surface area contributed by atoms with Crippen LogP contribution in [-0.2, 0) is 97.2 Å². The fourth-order valence-corrected chi connectivity index (χ4v) is 19.8. The van der Waals surface area contributed by atoms with Crippen LogP contribution in [0.15, 0.2) is 275 Å². The summed E-state index contributed by atoms with van der Waals surface area (Å²) in [5.74, 6) is 1.03. The quantitative estimate of drug-likeness (QED) is 0.0116. The third-order valence-corrected chi connectivity index (χ3v) is 36.6. The van der Waals surface area contributed by atoms with Gasteiger partial charge in [-0.2, -0.15) is 0 Å². The third-order valence-electron chi connectivity index (χ3n) is 26.7. The van der Waals surface area contributed by atoms with Gasteiger partial charge in [0.1, 0.15) is 30.2 Å². The highest BCUT2D eigenvalue weighted by Crippen LogP contribution is 2.42. The first kappa shape index (κ1) is 116. The van der Waals surface area contributed by atoms with E-state index in [1.54, 1.807) is 37.8 Å². The van der Waals surface area contributed by atoms with Crippen molar-refractivity contribution in [3.63, 3.8) is 0 Å². The number of halogens is 2. The normalized spacial score (nSPS) is 18.4. The first-order chi connectivity index (χ1) is 69.7. The zero-order valence-corrected chi connectivity index (χ0v) is 91.8. The maximum Gasteiger partial charge on any atom is 0.338 e. The Hall–Kier alpha value is -11.7. The van der Waals surface area contributed by atoms with Gasteiger partial charge in [0.05, 0.1) is 143 Å². The Bertz CT molecular complexity index is 6190. The van der Waals surface area contributed by atoms with Gasteiger partial charge in [0.2, 0.25) is 17.7 Å². The van der Waals surface area contributed by atoms with Crippen LogP contribution < -0.4 is 0 Å². The fraction of sp³-hybridized carbons (Fsp3) is 0.390. The molecule has 0 unspecified atom stereocenters. The minimum Gasteiger partial charge on any atom is -0.478 e. The Morgan fingerprint density at radius 1 is 0.363 bits per heavy atom. The number of aromatic nitrogens is 3. The Morgan fingerprint density at radius 2 is 0.658 bits per heavy atom. The predicted molar refractivity (Wildman–Crippen MR) is 579 cm³/mol. The van der Waals surface area contributed by atoms with E-state index in [9.17, 15) is 39.3 Å². The molecule has 0 saturated carbocycles. The molecule has 0 aliphatic heterocycles. The van der Waals surface area contributed by atoms with E-state index in [0.717, 1.165) is 134 Å². The van der Waals surface area contributed by atoms with Crippen molar-refractivity contribution in [1.82, 2.24) is 15.0 Å². The smallest absolute Gasteiger partial charge is 0.338 e. The molecule has 24 nitrogen and oxygen atoms in total. The van der Waals surface area contributed by atoms with Gasteiger partial charge in [-0.1, -0.05) is 264 Å². The van der Waals surface area contributed by atoms with E-state index in [4.69, 9.17) is 71.6 Å². The molecule has 0 spiro atoms. The third kappa shape index (κ3) is 34.7. The maximum absolute atomic E-state index is 12.1. The summed E-state index contributed by atoms with van der Waals surface area (Å²) in [6, 6.07) is 58.0. The number of carboxylic acid groups (broad SMARTS) is 1. The number of hydrogen-bond donors (Lipinski definition) is 3. The number of alkyl halides is 2. The molecule has 8 aromatic carbocycles. The average molecular weight is 2110 g/mol. The van der Waals surface area contributed by atoms with Crippen molar-refractivity contribution in [1.29, 1.82) is 0 Å². The second-order valence-electron chi connectivity index (χ2n) is 39.7. The van der Waals surface area contributed by atoms with Gasteiger partial charge in [0, 0.05) is 41.3 Å². The highest BCUT2D eigenvalue weighted by Gasteiger charge is 2.42. The number of carboxylic acids is 1. The number of nitrogens with zero attached hydrogens (tertiary/aromatic N) is 3. The molecule has 3 heterocycles. The predicted octanol–water partition coefficient (Wildman–Crippen LogP) is 26.4. The number of aliphatic hydroxyl groups excluding tert-OH is 2. The molecule has 16 rings (SSSR count). The van der Waals surface area contributed by atoms with Gasteiger partial charge in [-0.25, -0.2) is 38.9 Å². The van der Waals surface area contributed by atoms with Crippen LogP contribution in [0.2, 0.25) is 36.3 Å². The number of aryl methyl sites for hydroxylation is 7. The number of benzene rings is 8. The Morgan fingerprint density at radius 3 is 0.993 bits per heavy atom. The van der Waals surface area contributed by atoms with Crippen LogP contribution in [0.4, 0.5) is 0 Å². The number of rotatable bonds is 32. The fourth-order valence-electron chi connectivity index (χ4n) is 16.6. The molecular weight excluding hydrogens is 1970 g/mol. The molecule has 3 aromatic heterocycles. The minimum atomic E-state index is -1.74. The molecule has 3 N–H and O–H groups in total. The number of aromatic carboxylic acids is 1. The first-order valence-electron chi connectivity index (χ1n) is 49.4. The van der Waals surface area contributed by atoms with Gasteiger partial charge in [0.25, 0.3) is 0 Å². The molecule has 0 fully saturated rings. The molecule has 778 valence electrons. The zero-order valence-electron chi connectivity index (χ0n) is 87.5. The highest BCUT2D eigenvalue weighted by atomic mass is 79.9. The second-order valence-corrected chi connectivity index (χ2v) is 50.0. The number of esters is 4. The molecule has 0 amide bonds. The molecule has 146 heavy (non-hydrogen) atoms.